The highest BCUT2D eigenvalue weighted by Gasteiger charge is 2.31. The number of hydrogen-bond donors (Lipinski definition) is 2. The van der Waals surface area contributed by atoms with Crippen LogP contribution >= 0.6 is 0 Å². The fourth-order valence-corrected chi connectivity index (χ4v) is 2.87. The zero-order chi connectivity index (χ0) is 18.0. The Morgan fingerprint density at radius 3 is 2.64 bits per heavy atom. The number of hydrogen-bond acceptors (Lipinski definition) is 4. The number of alkyl halides is 3. The van der Waals surface area contributed by atoms with Crippen molar-refractivity contribution in [1.82, 2.24) is 15.3 Å². The fourth-order valence-electron chi connectivity index (χ4n) is 2.87. The third kappa shape index (κ3) is 4.07. The van der Waals surface area contributed by atoms with Crippen LogP contribution in [-0.4, -0.2) is 29.1 Å². The van der Waals surface area contributed by atoms with Crippen molar-refractivity contribution in [2.24, 2.45) is 0 Å². The molecule has 0 unspecified atom stereocenters. The largest absolute Gasteiger partial charge is 0.416 e. The Kier molecular flexibility index (Phi) is 4.89. The topological polar surface area (TPSA) is 49.8 Å². The number of halogens is 4. The van der Waals surface area contributed by atoms with Crippen LogP contribution in [0.25, 0.3) is 11.1 Å². The minimum absolute atomic E-state index is 0.0522. The van der Waals surface area contributed by atoms with E-state index in [1.807, 2.05) is 0 Å². The highest BCUT2D eigenvalue weighted by atomic mass is 19.4. The van der Waals surface area contributed by atoms with Crippen molar-refractivity contribution in [2.75, 3.05) is 18.4 Å². The molecule has 2 N–H and O–H groups in total. The molecule has 25 heavy (non-hydrogen) atoms. The Labute approximate surface area is 142 Å². The van der Waals surface area contributed by atoms with Gasteiger partial charge in [0.25, 0.3) is 0 Å². The summed E-state index contributed by atoms with van der Waals surface area (Å²) in [5.41, 5.74) is -0.0924. The first-order valence-electron chi connectivity index (χ1n) is 8.02. The molecule has 4 nitrogen and oxygen atoms in total. The van der Waals surface area contributed by atoms with Crippen molar-refractivity contribution < 1.29 is 17.6 Å². The lowest BCUT2D eigenvalue weighted by Crippen LogP contribution is -2.38. The maximum absolute atomic E-state index is 14.1. The van der Waals surface area contributed by atoms with Crippen LogP contribution in [0.3, 0.4) is 0 Å². The number of rotatable bonds is 3. The maximum atomic E-state index is 14.1. The maximum Gasteiger partial charge on any atom is 0.416 e. The Balaban J connectivity index is 1.83. The second-order valence-corrected chi connectivity index (χ2v) is 6.07. The summed E-state index contributed by atoms with van der Waals surface area (Å²) in [6, 6.07) is 2.69. The molecular formula is C17H18F4N4. The monoisotopic (exact) mass is 354 g/mol. The summed E-state index contributed by atoms with van der Waals surface area (Å²) in [4.78, 5) is 8.50. The van der Waals surface area contributed by atoms with Gasteiger partial charge in [-0.2, -0.15) is 13.2 Å². The van der Waals surface area contributed by atoms with Gasteiger partial charge in [0.1, 0.15) is 5.82 Å². The standard InChI is InChI=1S/C17H18F4N4/c1-10-14(13-5-4-11(7-15(13)18)17(19,20)21)9-23-16(24-10)25-12-3-2-6-22-8-12/h4-5,7,9,12,22H,2-3,6,8H2,1H3,(H,23,24,25)/t12-/m1/s1. The molecule has 2 heterocycles. The summed E-state index contributed by atoms with van der Waals surface area (Å²) in [6.45, 7) is 3.49. The average molecular weight is 354 g/mol. The van der Waals surface area contributed by atoms with Gasteiger partial charge in [-0.25, -0.2) is 14.4 Å². The number of aryl methyl sites for hydroxylation is 1. The van der Waals surface area contributed by atoms with Crippen LogP contribution in [-0.2, 0) is 6.18 Å². The first-order valence-corrected chi connectivity index (χ1v) is 8.02. The van der Waals surface area contributed by atoms with Gasteiger partial charge in [0, 0.05) is 29.9 Å². The molecule has 3 rings (SSSR count). The fraction of sp³-hybridized carbons (Fsp3) is 0.412. The summed E-state index contributed by atoms with van der Waals surface area (Å²) < 4.78 is 52.1. The zero-order valence-corrected chi connectivity index (χ0v) is 13.6. The Morgan fingerprint density at radius 1 is 1.24 bits per heavy atom. The van der Waals surface area contributed by atoms with Crippen LogP contribution in [0.4, 0.5) is 23.5 Å². The van der Waals surface area contributed by atoms with Crippen LogP contribution in [0.15, 0.2) is 24.4 Å². The highest BCUT2D eigenvalue weighted by molar-refractivity contribution is 5.66. The summed E-state index contributed by atoms with van der Waals surface area (Å²) >= 11 is 0. The van der Waals surface area contributed by atoms with Gasteiger partial charge in [-0.1, -0.05) is 6.07 Å². The van der Waals surface area contributed by atoms with Gasteiger partial charge in [0.15, 0.2) is 0 Å². The smallest absolute Gasteiger partial charge is 0.350 e. The molecule has 0 saturated carbocycles. The quantitative estimate of drug-likeness (QED) is 0.824. The Morgan fingerprint density at radius 2 is 2.04 bits per heavy atom. The van der Waals surface area contributed by atoms with Crippen molar-refractivity contribution >= 4 is 5.95 Å². The van der Waals surface area contributed by atoms with Crippen molar-refractivity contribution in [3.05, 3.63) is 41.5 Å². The molecule has 0 amide bonds. The summed E-state index contributed by atoms with van der Waals surface area (Å²) in [5.74, 6) is -0.513. The van der Waals surface area contributed by atoms with Crippen molar-refractivity contribution in [2.45, 2.75) is 32.0 Å². The van der Waals surface area contributed by atoms with Gasteiger partial charge >= 0.3 is 6.18 Å². The molecule has 134 valence electrons. The van der Waals surface area contributed by atoms with Gasteiger partial charge in [0.2, 0.25) is 5.95 Å². The number of piperidine rings is 1. The third-order valence-corrected chi connectivity index (χ3v) is 4.20. The lowest BCUT2D eigenvalue weighted by atomic mass is 10.0. The van der Waals surface area contributed by atoms with Crippen molar-refractivity contribution in [3.63, 3.8) is 0 Å². The van der Waals surface area contributed by atoms with E-state index in [1.54, 1.807) is 6.92 Å². The predicted molar refractivity (Wildman–Crippen MR) is 86.7 cm³/mol. The molecule has 0 radical (unpaired) electrons. The number of benzene rings is 1. The van der Waals surface area contributed by atoms with Crippen molar-refractivity contribution in [1.29, 1.82) is 0 Å². The first-order chi connectivity index (χ1) is 11.8. The minimum atomic E-state index is -4.58. The van der Waals surface area contributed by atoms with Gasteiger partial charge in [-0.15, -0.1) is 0 Å². The third-order valence-electron chi connectivity index (χ3n) is 4.20. The first kappa shape index (κ1) is 17.6. The summed E-state index contributed by atoms with van der Waals surface area (Å²) in [7, 11) is 0. The number of nitrogens with one attached hydrogen (secondary N) is 2. The Hall–Kier alpha value is -2.22. The van der Waals surface area contributed by atoms with E-state index in [-0.39, 0.29) is 11.6 Å². The molecular weight excluding hydrogens is 336 g/mol. The molecule has 0 spiro atoms. The molecule has 1 saturated heterocycles. The van der Waals surface area contributed by atoms with Gasteiger partial charge < -0.3 is 10.6 Å². The van der Waals surface area contributed by atoms with Crippen LogP contribution in [0.5, 0.6) is 0 Å². The second kappa shape index (κ2) is 6.95. The molecule has 1 aliphatic rings. The molecule has 1 aromatic heterocycles. The van der Waals surface area contributed by atoms with Gasteiger partial charge in [-0.05, 0) is 38.4 Å². The molecule has 0 bridgehead atoms. The van der Waals surface area contributed by atoms with Gasteiger partial charge in [-0.3, -0.25) is 0 Å². The highest BCUT2D eigenvalue weighted by Crippen LogP contribution is 2.33. The molecule has 0 aliphatic carbocycles. The molecule has 2 aromatic rings. The second-order valence-electron chi connectivity index (χ2n) is 6.07. The van der Waals surface area contributed by atoms with Crippen LogP contribution in [0.1, 0.15) is 24.1 Å². The lowest BCUT2D eigenvalue weighted by Gasteiger charge is -2.24. The van der Waals surface area contributed by atoms with Crippen LogP contribution in [0.2, 0.25) is 0 Å². The van der Waals surface area contributed by atoms with Crippen LogP contribution < -0.4 is 10.6 Å². The van der Waals surface area contributed by atoms with Crippen molar-refractivity contribution in [3.8, 4) is 11.1 Å². The van der Waals surface area contributed by atoms with E-state index in [2.05, 4.69) is 20.6 Å². The van der Waals surface area contributed by atoms with E-state index >= 15 is 0 Å². The number of anilines is 1. The normalized spacial score (nSPS) is 18.2. The molecule has 1 aromatic carbocycles. The molecule has 1 fully saturated rings. The summed E-state index contributed by atoms with van der Waals surface area (Å²) in [6.07, 6.45) is -1.07. The van der Waals surface area contributed by atoms with E-state index < -0.39 is 17.6 Å². The van der Waals surface area contributed by atoms with E-state index in [4.69, 9.17) is 0 Å². The molecule has 1 atom stereocenters. The molecule has 8 heteroatoms. The van der Waals surface area contributed by atoms with E-state index in [9.17, 15) is 17.6 Å². The number of nitrogens with zero attached hydrogens (tertiary/aromatic N) is 2. The van der Waals surface area contributed by atoms with Crippen LogP contribution in [0, 0.1) is 12.7 Å². The summed E-state index contributed by atoms with van der Waals surface area (Å²) in [5, 5.41) is 6.49. The lowest BCUT2D eigenvalue weighted by molar-refractivity contribution is -0.137. The number of aromatic nitrogens is 2. The van der Waals surface area contributed by atoms with Gasteiger partial charge in [0.05, 0.1) is 11.3 Å². The van der Waals surface area contributed by atoms with E-state index in [0.717, 1.165) is 38.1 Å². The van der Waals surface area contributed by atoms with E-state index in [1.165, 1.54) is 6.20 Å². The molecule has 1 aliphatic heterocycles. The van der Waals surface area contributed by atoms with E-state index in [0.29, 0.717) is 23.3 Å². The average Bonchev–Trinajstić information content (AvgIpc) is 2.56. The SMILES string of the molecule is Cc1nc(N[C@@H]2CCCNC2)ncc1-c1ccc(C(F)(F)F)cc1F. The zero-order valence-electron chi connectivity index (χ0n) is 13.6. The predicted octanol–water partition coefficient (Wildman–Crippen LogP) is 3.77. The Bertz CT molecular complexity index is 755. The minimum Gasteiger partial charge on any atom is -0.350 e.